The van der Waals surface area contributed by atoms with Crippen LogP contribution in [-0.4, -0.2) is 37.5 Å². The highest BCUT2D eigenvalue weighted by atomic mass is 19.1. The van der Waals surface area contributed by atoms with Gasteiger partial charge in [0.2, 0.25) is 11.8 Å². The summed E-state index contributed by atoms with van der Waals surface area (Å²) in [6.07, 6.45) is 2.96. The molecule has 0 aromatic heterocycles. The third-order valence-corrected chi connectivity index (χ3v) is 4.10. The van der Waals surface area contributed by atoms with E-state index in [1.807, 2.05) is 0 Å². The van der Waals surface area contributed by atoms with Crippen LogP contribution >= 0.6 is 0 Å². The van der Waals surface area contributed by atoms with Crippen LogP contribution in [0.15, 0.2) is 24.3 Å². The highest BCUT2D eigenvalue weighted by Gasteiger charge is 2.34. The van der Waals surface area contributed by atoms with Gasteiger partial charge < -0.3 is 15.5 Å². The van der Waals surface area contributed by atoms with Crippen LogP contribution in [0.25, 0.3) is 0 Å². The largest absolute Gasteiger partial charge is 0.343 e. The van der Waals surface area contributed by atoms with Crippen LogP contribution in [-0.2, 0) is 9.59 Å². The number of nitrogens with zero attached hydrogens (tertiary/aromatic N) is 1. The molecule has 2 N–H and O–H groups in total. The monoisotopic (exact) mass is 305 g/mol. The first-order valence-corrected chi connectivity index (χ1v) is 7.71. The smallest absolute Gasteiger partial charge is 0.249 e. The fourth-order valence-electron chi connectivity index (χ4n) is 2.68. The maximum Gasteiger partial charge on any atom is 0.249 e. The summed E-state index contributed by atoms with van der Waals surface area (Å²) in [5.41, 5.74) is 0.274. The van der Waals surface area contributed by atoms with Gasteiger partial charge in [0, 0.05) is 6.54 Å². The zero-order valence-electron chi connectivity index (χ0n) is 12.3. The van der Waals surface area contributed by atoms with Crippen LogP contribution in [0, 0.1) is 11.7 Å². The Hall–Kier alpha value is -1.95. The number of rotatable bonds is 6. The van der Waals surface area contributed by atoms with Gasteiger partial charge in [0.25, 0.3) is 0 Å². The lowest BCUT2D eigenvalue weighted by molar-refractivity contribution is -0.125. The van der Waals surface area contributed by atoms with E-state index in [1.54, 1.807) is 18.2 Å². The first-order chi connectivity index (χ1) is 10.6. The number of benzene rings is 1. The third-order valence-electron chi connectivity index (χ3n) is 4.10. The average molecular weight is 305 g/mol. The zero-order valence-corrected chi connectivity index (χ0v) is 12.3. The van der Waals surface area contributed by atoms with E-state index in [-0.39, 0.29) is 24.0 Å². The van der Waals surface area contributed by atoms with Gasteiger partial charge in [0.05, 0.1) is 12.2 Å². The van der Waals surface area contributed by atoms with Gasteiger partial charge in [-0.3, -0.25) is 9.59 Å². The molecule has 3 rings (SSSR count). The molecule has 22 heavy (non-hydrogen) atoms. The molecule has 1 aliphatic carbocycles. The molecule has 1 unspecified atom stereocenters. The minimum Gasteiger partial charge on any atom is -0.343 e. The van der Waals surface area contributed by atoms with Crippen molar-refractivity contribution in [3.05, 3.63) is 30.1 Å². The van der Waals surface area contributed by atoms with Crippen molar-refractivity contribution in [1.29, 1.82) is 0 Å². The van der Waals surface area contributed by atoms with Crippen LogP contribution in [0.4, 0.5) is 10.1 Å². The minimum atomic E-state index is -0.560. The number of amides is 2. The van der Waals surface area contributed by atoms with Crippen LogP contribution in [0.5, 0.6) is 0 Å². The fraction of sp³-hybridized carbons (Fsp3) is 0.500. The van der Waals surface area contributed by atoms with Crippen LogP contribution in [0.3, 0.4) is 0 Å². The molecule has 1 atom stereocenters. The van der Waals surface area contributed by atoms with E-state index < -0.39 is 11.9 Å². The first kappa shape index (κ1) is 15.0. The SMILES string of the molecule is O=C(CNCC1CC1)NC1CCN(c2ccccc2F)C1=O. The van der Waals surface area contributed by atoms with Crippen molar-refractivity contribution >= 4 is 17.5 Å². The second-order valence-corrected chi connectivity index (χ2v) is 5.92. The Bertz CT molecular complexity index is 574. The van der Waals surface area contributed by atoms with E-state index in [2.05, 4.69) is 10.6 Å². The third kappa shape index (κ3) is 3.44. The van der Waals surface area contributed by atoms with Gasteiger partial charge in [0.1, 0.15) is 11.9 Å². The summed E-state index contributed by atoms with van der Waals surface area (Å²) in [5, 5.41) is 5.82. The summed E-state index contributed by atoms with van der Waals surface area (Å²) < 4.78 is 13.8. The van der Waals surface area contributed by atoms with Gasteiger partial charge in [-0.15, -0.1) is 0 Å². The molecular formula is C16H20FN3O2. The molecular weight excluding hydrogens is 285 g/mol. The van der Waals surface area contributed by atoms with E-state index in [1.165, 1.54) is 23.8 Å². The number of carbonyl (C=O) groups is 2. The second-order valence-electron chi connectivity index (χ2n) is 5.92. The van der Waals surface area contributed by atoms with E-state index in [9.17, 15) is 14.0 Å². The number of nitrogens with one attached hydrogen (secondary N) is 2. The lowest BCUT2D eigenvalue weighted by Gasteiger charge is -2.18. The molecule has 118 valence electrons. The molecule has 0 spiro atoms. The van der Waals surface area contributed by atoms with Crippen LogP contribution in [0.1, 0.15) is 19.3 Å². The molecule has 5 nitrogen and oxygen atoms in total. The Kier molecular flexibility index (Phi) is 4.38. The summed E-state index contributed by atoms with van der Waals surface area (Å²) >= 11 is 0. The molecule has 1 heterocycles. The Labute approximate surface area is 128 Å². The van der Waals surface area contributed by atoms with Crippen molar-refractivity contribution in [2.24, 2.45) is 5.92 Å². The van der Waals surface area contributed by atoms with E-state index in [4.69, 9.17) is 0 Å². The topological polar surface area (TPSA) is 61.4 Å². The minimum absolute atomic E-state index is 0.186. The van der Waals surface area contributed by atoms with Crippen molar-refractivity contribution in [3.63, 3.8) is 0 Å². The molecule has 0 radical (unpaired) electrons. The molecule has 2 aliphatic rings. The Morgan fingerprint density at radius 3 is 2.77 bits per heavy atom. The maximum absolute atomic E-state index is 13.8. The van der Waals surface area contributed by atoms with Crippen molar-refractivity contribution in [2.75, 3.05) is 24.5 Å². The molecule has 6 heteroatoms. The van der Waals surface area contributed by atoms with Crippen molar-refractivity contribution < 1.29 is 14.0 Å². The summed E-state index contributed by atoms with van der Waals surface area (Å²) in [6.45, 7) is 1.49. The lowest BCUT2D eigenvalue weighted by Crippen LogP contribution is -2.45. The van der Waals surface area contributed by atoms with Gasteiger partial charge in [-0.2, -0.15) is 0 Å². The first-order valence-electron chi connectivity index (χ1n) is 7.71. The number of anilines is 1. The number of para-hydroxylation sites is 1. The number of carbonyl (C=O) groups excluding carboxylic acids is 2. The van der Waals surface area contributed by atoms with Crippen molar-refractivity contribution in [1.82, 2.24) is 10.6 Å². The standard InChI is InChI=1S/C16H20FN3O2/c17-12-3-1-2-4-14(12)20-8-7-13(16(20)22)19-15(21)10-18-9-11-5-6-11/h1-4,11,13,18H,5-10H2,(H,19,21). The highest BCUT2D eigenvalue weighted by molar-refractivity contribution is 6.01. The molecule has 1 aliphatic heterocycles. The predicted octanol–water partition coefficient (Wildman–Crippen LogP) is 1.05. The van der Waals surface area contributed by atoms with Gasteiger partial charge in [-0.05, 0) is 43.9 Å². The molecule has 2 amide bonds. The number of hydrogen-bond acceptors (Lipinski definition) is 3. The van der Waals surface area contributed by atoms with Gasteiger partial charge in [0.15, 0.2) is 0 Å². The van der Waals surface area contributed by atoms with E-state index in [0.29, 0.717) is 18.9 Å². The van der Waals surface area contributed by atoms with Crippen LogP contribution in [0.2, 0.25) is 0 Å². The molecule has 1 aromatic rings. The molecule has 1 saturated carbocycles. The second kappa shape index (κ2) is 6.44. The Balaban J connectivity index is 1.52. The van der Waals surface area contributed by atoms with Crippen molar-refractivity contribution in [2.45, 2.75) is 25.3 Å². The highest BCUT2D eigenvalue weighted by Crippen LogP contribution is 2.27. The Morgan fingerprint density at radius 1 is 1.27 bits per heavy atom. The summed E-state index contributed by atoms with van der Waals surface area (Å²) in [5.74, 6) is -0.151. The predicted molar refractivity (Wildman–Crippen MR) is 80.9 cm³/mol. The number of halogens is 1. The van der Waals surface area contributed by atoms with Gasteiger partial charge >= 0.3 is 0 Å². The quantitative estimate of drug-likeness (QED) is 0.826. The maximum atomic E-state index is 13.8. The number of hydrogen-bond donors (Lipinski definition) is 2. The summed E-state index contributed by atoms with van der Waals surface area (Å²) in [6, 6.07) is 5.63. The zero-order chi connectivity index (χ0) is 15.5. The van der Waals surface area contributed by atoms with E-state index >= 15 is 0 Å². The van der Waals surface area contributed by atoms with Crippen molar-refractivity contribution in [3.8, 4) is 0 Å². The fourth-order valence-corrected chi connectivity index (χ4v) is 2.68. The van der Waals surface area contributed by atoms with Gasteiger partial charge in [-0.25, -0.2) is 4.39 Å². The normalized spacial score (nSPS) is 21.2. The van der Waals surface area contributed by atoms with Crippen LogP contribution < -0.4 is 15.5 Å². The Morgan fingerprint density at radius 2 is 2.05 bits per heavy atom. The molecule has 0 bridgehead atoms. The molecule has 1 saturated heterocycles. The average Bonchev–Trinajstić information content (AvgIpc) is 3.25. The molecule has 1 aromatic carbocycles. The van der Waals surface area contributed by atoms with Gasteiger partial charge in [-0.1, -0.05) is 12.1 Å². The lowest BCUT2D eigenvalue weighted by atomic mass is 10.2. The summed E-state index contributed by atoms with van der Waals surface area (Å²) in [4.78, 5) is 25.5. The van der Waals surface area contributed by atoms with E-state index in [0.717, 1.165) is 6.54 Å². The molecule has 2 fully saturated rings. The summed E-state index contributed by atoms with van der Waals surface area (Å²) in [7, 11) is 0.